The second-order valence-corrected chi connectivity index (χ2v) is 5.46. The summed E-state index contributed by atoms with van der Waals surface area (Å²) in [7, 11) is 3.31. The monoisotopic (exact) mass is 486 g/mol. The maximum Gasteiger partial charge on any atom is 0.165 e. The Kier molecular flexibility index (Phi) is 9.06. The van der Waals surface area contributed by atoms with Crippen LogP contribution in [0.1, 0.15) is 11.1 Å². The minimum Gasteiger partial charge on any atom is -0.554 e. The van der Waals surface area contributed by atoms with Gasteiger partial charge in [0.15, 0.2) is 5.82 Å². The number of amidine groups is 1. The first-order chi connectivity index (χ1) is 12.1. The molecule has 26 heavy (non-hydrogen) atoms. The molecule has 2 rings (SSSR count). The summed E-state index contributed by atoms with van der Waals surface area (Å²) in [5.74, 6) is 0.921. The first-order valence-electron chi connectivity index (χ1n) is 7.61. The minimum absolute atomic E-state index is 0. The molecular weight excluding hydrogens is 465 g/mol. The standard InChI is InChI=1S/C16H21N8O.Pm/c1-25-5-4-22-14-6-12(16(8-19)9-21-10-16)11(7-18)15(24-14)23-13(20)2-3-17;/h2-3,6-7,18,21H,1,4-5,9-10,17H2,(H3,20,22,23,24);/q-1;/b3-2-,18-7?;. The third kappa shape index (κ3) is 4.97. The normalized spacial score (nSPS) is 15.6. The molecule has 9 nitrogen and oxygen atoms in total. The summed E-state index contributed by atoms with van der Waals surface area (Å²) < 4.78 is 4.78. The Morgan fingerprint density at radius 1 is 1.62 bits per heavy atom. The number of nitrogens with one attached hydrogen (secondary N) is 3. The maximum atomic E-state index is 9.65. The Balaban J connectivity index is 0.00000338. The zero-order valence-corrected chi connectivity index (χ0v) is 17.1. The molecule has 1 aromatic rings. The van der Waals surface area contributed by atoms with Gasteiger partial charge in [-0.15, -0.1) is 0 Å². The van der Waals surface area contributed by atoms with E-state index in [4.69, 9.17) is 21.6 Å². The number of aliphatic imine (C=N–C) groups is 1. The Labute approximate surface area is 184 Å². The van der Waals surface area contributed by atoms with Crippen molar-refractivity contribution in [1.29, 1.82) is 10.7 Å². The zero-order valence-electron chi connectivity index (χ0n) is 14.2. The number of nitrogens with two attached hydrogens (primary N) is 2. The molecule has 0 spiro atoms. The molecule has 0 aliphatic carbocycles. The third-order valence-corrected chi connectivity index (χ3v) is 3.82. The Hall–Kier alpha value is -1.62. The minimum atomic E-state index is -0.724. The van der Waals surface area contributed by atoms with Crippen LogP contribution in [-0.4, -0.2) is 43.3 Å². The molecule has 0 saturated carbocycles. The molecule has 1 saturated heterocycles. The first-order valence-corrected chi connectivity index (χ1v) is 7.61. The van der Waals surface area contributed by atoms with E-state index in [1.165, 1.54) is 12.3 Å². The van der Waals surface area contributed by atoms with Crippen molar-refractivity contribution in [3.05, 3.63) is 36.6 Å². The van der Waals surface area contributed by atoms with Crippen molar-refractivity contribution < 1.29 is 45.1 Å². The van der Waals surface area contributed by atoms with E-state index in [0.717, 1.165) is 6.21 Å². The SMILES string of the molecule is [CH2-]OCCNc1cc(C2(C#N)CNC2)c(C=N)c(/N=C(N)\C=C/N)n1.[Pm]. The van der Waals surface area contributed by atoms with Crippen LogP contribution in [0.25, 0.3) is 0 Å². The molecule has 0 atom stereocenters. The number of anilines is 1. The van der Waals surface area contributed by atoms with E-state index in [1.54, 1.807) is 6.07 Å². The number of pyridine rings is 1. The fraction of sp³-hybridized carbons (Fsp3) is 0.312. The van der Waals surface area contributed by atoms with Crippen LogP contribution in [0.15, 0.2) is 23.3 Å². The Bertz CT molecular complexity index is 737. The van der Waals surface area contributed by atoms with E-state index >= 15 is 0 Å². The third-order valence-electron chi connectivity index (χ3n) is 3.82. The van der Waals surface area contributed by atoms with Gasteiger partial charge in [0.05, 0.1) is 6.07 Å². The van der Waals surface area contributed by atoms with Crippen molar-refractivity contribution in [3.8, 4) is 6.07 Å². The largest absolute Gasteiger partial charge is 0.554 e. The van der Waals surface area contributed by atoms with Crippen LogP contribution in [0.3, 0.4) is 0 Å². The molecule has 137 valence electrons. The summed E-state index contributed by atoms with van der Waals surface area (Å²) >= 11 is 0. The maximum absolute atomic E-state index is 9.65. The van der Waals surface area contributed by atoms with Crippen molar-refractivity contribution in [2.45, 2.75) is 5.41 Å². The van der Waals surface area contributed by atoms with Crippen molar-refractivity contribution in [1.82, 2.24) is 10.3 Å². The van der Waals surface area contributed by atoms with Crippen molar-refractivity contribution in [2.75, 3.05) is 31.6 Å². The number of ether oxygens (including phenoxy) is 1. The molecule has 0 aromatic carbocycles. The van der Waals surface area contributed by atoms with E-state index in [0.29, 0.717) is 43.2 Å². The smallest absolute Gasteiger partial charge is 0.165 e. The summed E-state index contributed by atoms with van der Waals surface area (Å²) in [6.45, 7) is 1.87. The fourth-order valence-corrected chi connectivity index (χ4v) is 2.47. The van der Waals surface area contributed by atoms with Crippen molar-refractivity contribution in [2.24, 2.45) is 16.5 Å². The molecular formula is C16H21N8OPm-. The Morgan fingerprint density at radius 3 is 2.85 bits per heavy atom. The number of nitriles is 1. The second-order valence-electron chi connectivity index (χ2n) is 5.46. The van der Waals surface area contributed by atoms with Crippen LogP contribution >= 0.6 is 0 Å². The van der Waals surface area contributed by atoms with Gasteiger partial charge in [0.1, 0.15) is 17.1 Å². The molecule has 1 fully saturated rings. The molecule has 0 amide bonds. The molecule has 0 bridgehead atoms. The fourth-order valence-electron chi connectivity index (χ4n) is 2.47. The van der Waals surface area contributed by atoms with Gasteiger partial charge in [-0.25, -0.2) is 17.1 Å². The van der Waals surface area contributed by atoms with Gasteiger partial charge >= 0.3 is 0 Å². The summed E-state index contributed by atoms with van der Waals surface area (Å²) in [6.07, 6.45) is 3.84. The van der Waals surface area contributed by atoms with Gasteiger partial charge < -0.3 is 32.2 Å². The predicted molar refractivity (Wildman–Crippen MR) is 96.7 cm³/mol. The van der Waals surface area contributed by atoms with Gasteiger partial charge in [0, 0.05) is 78.4 Å². The van der Waals surface area contributed by atoms with Crippen LogP contribution in [0.5, 0.6) is 0 Å². The molecule has 1 aliphatic rings. The van der Waals surface area contributed by atoms with Crippen LogP contribution in [0.2, 0.25) is 0 Å². The van der Waals surface area contributed by atoms with Crippen molar-refractivity contribution in [3.63, 3.8) is 0 Å². The Morgan fingerprint density at radius 2 is 2.35 bits per heavy atom. The number of nitrogens with zero attached hydrogens (tertiary/aromatic N) is 3. The van der Waals surface area contributed by atoms with E-state index < -0.39 is 5.41 Å². The van der Waals surface area contributed by atoms with Gasteiger partial charge in [0.25, 0.3) is 0 Å². The summed E-state index contributed by atoms with van der Waals surface area (Å²) in [5.41, 5.74) is 11.5. The molecule has 1 aromatic heterocycles. The molecule has 0 unspecified atom stereocenters. The van der Waals surface area contributed by atoms with Crippen LogP contribution in [0, 0.1) is 64.2 Å². The van der Waals surface area contributed by atoms with E-state index in [9.17, 15) is 5.26 Å². The zero-order chi connectivity index (χ0) is 18.3. The van der Waals surface area contributed by atoms with E-state index in [-0.39, 0.29) is 52.0 Å². The van der Waals surface area contributed by atoms with Gasteiger partial charge in [-0.3, -0.25) is 0 Å². The average molecular weight is 486 g/mol. The number of rotatable bonds is 8. The van der Waals surface area contributed by atoms with Crippen LogP contribution in [-0.2, 0) is 10.2 Å². The molecule has 10 heteroatoms. The predicted octanol–water partition coefficient (Wildman–Crippen LogP) is 0.125. The quantitative estimate of drug-likeness (QED) is 0.151. The van der Waals surface area contributed by atoms with Crippen molar-refractivity contribution >= 4 is 23.7 Å². The van der Waals surface area contributed by atoms with Gasteiger partial charge in [-0.1, -0.05) is 0 Å². The summed E-state index contributed by atoms with van der Waals surface area (Å²) in [5, 5.41) is 23.6. The summed E-state index contributed by atoms with van der Waals surface area (Å²) in [4.78, 5) is 8.62. The molecule has 1 radical (unpaired) electrons. The molecule has 1 aliphatic heterocycles. The first kappa shape index (κ1) is 22.4. The topological polar surface area (TPSA) is 158 Å². The van der Waals surface area contributed by atoms with Gasteiger partial charge in [-0.2, -0.15) is 5.26 Å². The second kappa shape index (κ2) is 10.5. The van der Waals surface area contributed by atoms with E-state index in [1.807, 2.05) is 0 Å². The van der Waals surface area contributed by atoms with E-state index in [2.05, 4.69) is 33.8 Å². The number of hydrogen-bond donors (Lipinski definition) is 5. The molecule has 7 N–H and O–H groups in total. The number of aromatic nitrogens is 1. The van der Waals surface area contributed by atoms with Crippen LogP contribution < -0.4 is 22.1 Å². The summed E-state index contributed by atoms with van der Waals surface area (Å²) in [6, 6.07) is 4.10. The van der Waals surface area contributed by atoms with Crippen LogP contribution in [0.4, 0.5) is 11.6 Å². The van der Waals surface area contributed by atoms with Gasteiger partial charge in [0.2, 0.25) is 0 Å². The molecule has 2 heterocycles. The average Bonchev–Trinajstić information content (AvgIpc) is 2.55. The van der Waals surface area contributed by atoms with Gasteiger partial charge in [-0.05, 0) is 23.9 Å². The number of hydrogen-bond acceptors (Lipinski definition) is 8.